The van der Waals surface area contributed by atoms with Crippen molar-refractivity contribution in [1.29, 1.82) is 5.26 Å². The summed E-state index contributed by atoms with van der Waals surface area (Å²) in [6.07, 6.45) is -0.858. The lowest BCUT2D eigenvalue weighted by Crippen LogP contribution is -2.08. The van der Waals surface area contributed by atoms with E-state index in [1.807, 2.05) is 66.2 Å². The predicted octanol–water partition coefficient (Wildman–Crippen LogP) is 5.63. The van der Waals surface area contributed by atoms with E-state index in [0.29, 0.717) is 11.1 Å². The van der Waals surface area contributed by atoms with Gasteiger partial charge < -0.3 is 9.47 Å². The van der Waals surface area contributed by atoms with Gasteiger partial charge >= 0.3 is 6.18 Å². The van der Waals surface area contributed by atoms with Crippen molar-refractivity contribution >= 4 is 17.3 Å². The highest BCUT2D eigenvalue weighted by molar-refractivity contribution is 5.89. The molecule has 142 valence electrons. The molecule has 0 bridgehead atoms. The van der Waals surface area contributed by atoms with Crippen LogP contribution in [0.4, 0.5) is 18.9 Å². The van der Waals surface area contributed by atoms with Crippen molar-refractivity contribution < 1.29 is 13.2 Å². The summed E-state index contributed by atoms with van der Waals surface area (Å²) in [4.78, 5) is 2.00. The van der Waals surface area contributed by atoms with Gasteiger partial charge in [0.15, 0.2) is 0 Å². The molecule has 3 rings (SSSR count). The van der Waals surface area contributed by atoms with Crippen LogP contribution < -0.4 is 4.90 Å². The smallest absolute Gasteiger partial charge is 0.378 e. The van der Waals surface area contributed by atoms with Crippen LogP contribution in [0.2, 0.25) is 0 Å². The second kappa shape index (κ2) is 7.65. The third kappa shape index (κ3) is 4.09. The molecular formula is C22H18F3N3. The number of aromatic nitrogens is 1. The SMILES string of the molecule is CN(C)c1ccc(-n2cccc2/C=C(/C#N)c2ccc(C(F)(F)F)cc2)cc1. The van der Waals surface area contributed by atoms with E-state index in [9.17, 15) is 18.4 Å². The number of rotatable bonds is 4. The molecule has 28 heavy (non-hydrogen) atoms. The molecule has 0 fully saturated rings. The van der Waals surface area contributed by atoms with Crippen LogP contribution in [0.3, 0.4) is 0 Å². The van der Waals surface area contributed by atoms with Gasteiger partial charge in [0.2, 0.25) is 0 Å². The second-order valence-electron chi connectivity index (χ2n) is 6.46. The van der Waals surface area contributed by atoms with E-state index >= 15 is 0 Å². The third-order valence-electron chi connectivity index (χ3n) is 4.36. The third-order valence-corrected chi connectivity index (χ3v) is 4.36. The summed E-state index contributed by atoms with van der Waals surface area (Å²) in [6.45, 7) is 0. The fraction of sp³-hybridized carbons (Fsp3) is 0.136. The molecule has 0 saturated carbocycles. The molecule has 3 aromatic rings. The van der Waals surface area contributed by atoms with Gasteiger partial charge in [0.1, 0.15) is 0 Å². The van der Waals surface area contributed by atoms with E-state index in [0.717, 1.165) is 29.2 Å². The highest BCUT2D eigenvalue weighted by atomic mass is 19.4. The monoisotopic (exact) mass is 381 g/mol. The van der Waals surface area contributed by atoms with Crippen molar-refractivity contribution in [3.8, 4) is 11.8 Å². The number of nitriles is 1. The van der Waals surface area contributed by atoms with Crippen LogP contribution >= 0.6 is 0 Å². The topological polar surface area (TPSA) is 32.0 Å². The Labute approximate surface area is 161 Å². The maximum atomic E-state index is 12.7. The number of hydrogen-bond acceptors (Lipinski definition) is 2. The van der Waals surface area contributed by atoms with E-state index in [-0.39, 0.29) is 0 Å². The molecule has 1 heterocycles. The Morgan fingerprint density at radius 3 is 2.18 bits per heavy atom. The van der Waals surface area contributed by atoms with Gasteiger partial charge in [-0.15, -0.1) is 0 Å². The Bertz CT molecular complexity index is 1020. The normalized spacial score (nSPS) is 11.9. The van der Waals surface area contributed by atoms with Gasteiger partial charge in [0.25, 0.3) is 0 Å². The zero-order valence-corrected chi connectivity index (χ0v) is 15.4. The molecule has 0 N–H and O–H groups in total. The Morgan fingerprint density at radius 2 is 1.64 bits per heavy atom. The Morgan fingerprint density at radius 1 is 1.00 bits per heavy atom. The Balaban J connectivity index is 1.95. The maximum absolute atomic E-state index is 12.7. The lowest BCUT2D eigenvalue weighted by molar-refractivity contribution is -0.137. The van der Waals surface area contributed by atoms with Crippen LogP contribution in [-0.2, 0) is 6.18 Å². The molecule has 0 atom stereocenters. The number of anilines is 1. The zero-order valence-electron chi connectivity index (χ0n) is 15.4. The molecule has 0 aliphatic carbocycles. The minimum atomic E-state index is -4.40. The van der Waals surface area contributed by atoms with Crippen LogP contribution in [-0.4, -0.2) is 18.7 Å². The molecule has 0 spiro atoms. The summed E-state index contributed by atoms with van der Waals surface area (Å²) >= 11 is 0. The molecule has 0 amide bonds. The van der Waals surface area contributed by atoms with E-state index in [4.69, 9.17) is 0 Å². The van der Waals surface area contributed by atoms with Gasteiger partial charge in [-0.3, -0.25) is 0 Å². The summed E-state index contributed by atoms with van der Waals surface area (Å²) in [5, 5.41) is 9.51. The van der Waals surface area contributed by atoms with Crippen molar-refractivity contribution in [2.24, 2.45) is 0 Å². The highest BCUT2D eigenvalue weighted by Gasteiger charge is 2.30. The summed E-state index contributed by atoms with van der Waals surface area (Å²) in [6, 6.07) is 18.3. The van der Waals surface area contributed by atoms with Gasteiger partial charge in [-0.05, 0) is 60.2 Å². The number of halogens is 3. The highest BCUT2D eigenvalue weighted by Crippen LogP contribution is 2.30. The fourth-order valence-electron chi connectivity index (χ4n) is 2.83. The Hall–Kier alpha value is -3.46. The van der Waals surface area contributed by atoms with Crippen LogP contribution in [0.25, 0.3) is 17.3 Å². The first-order valence-electron chi connectivity index (χ1n) is 8.54. The molecule has 3 nitrogen and oxygen atoms in total. The van der Waals surface area contributed by atoms with Crippen molar-refractivity contribution in [1.82, 2.24) is 4.57 Å². The van der Waals surface area contributed by atoms with E-state index < -0.39 is 11.7 Å². The summed E-state index contributed by atoms with van der Waals surface area (Å²) in [5.41, 5.74) is 2.73. The number of nitrogens with zero attached hydrogens (tertiary/aromatic N) is 3. The average molecular weight is 381 g/mol. The standard InChI is InChI=1S/C22H18F3N3/c1-27(2)19-9-11-20(12-10-19)28-13-3-4-21(28)14-17(15-26)16-5-7-18(8-6-16)22(23,24)25/h3-14H,1-2H3/b17-14-. The fourth-order valence-corrected chi connectivity index (χ4v) is 2.83. The lowest BCUT2D eigenvalue weighted by Gasteiger charge is -2.14. The van der Waals surface area contributed by atoms with Gasteiger partial charge in [0, 0.05) is 37.4 Å². The average Bonchev–Trinajstić information content (AvgIpc) is 3.14. The molecule has 0 radical (unpaired) electrons. The zero-order chi connectivity index (χ0) is 20.3. The van der Waals surface area contributed by atoms with Crippen molar-refractivity contribution in [2.75, 3.05) is 19.0 Å². The van der Waals surface area contributed by atoms with E-state index in [1.165, 1.54) is 12.1 Å². The van der Waals surface area contributed by atoms with E-state index in [2.05, 4.69) is 6.07 Å². The molecule has 2 aromatic carbocycles. The van der Waals surface area contributed by atoms with Gasteiger partial charge in [-0.2, -0.15) is 18.4 Å². The molecule has 1 aromatic heterocycles. The minimum Gasteiger partial charge on any atom is -0.378 e. The molecule has 0 aliphatic rings. The van der Waals surface area contributed by atoms with Crippen LogP contribution in [0, 0.1) is 11.3 Å². The summed E-state index contributed by atoms with van der Waals surface area (Å²) in [5.74, 6) is 0. The number of hydrogen-bond donors (Lipinski definition) is 0. The first-order valence-corrected chi connectivity index (χ1v) is 8.54. The van der Waals surface area contributed by atoms with Crippen LogP contribution in [0.15, 0.2) is 66.9 Å². The number of alkyl halides is 3. The van der Waals surface area contributed by atoms with E-state index in [1.54, 1.807) is 6.08 Å². The maximum Gasteiger partial charge on any atom is 0.416 e. The Kier molecular flexibility index (Phi) is 5.27. The first-order chi connectivity index (χ1) is 13.3. The summed E-state index contributed by atoms with van der Waals surface area (Å²) in [7, 11) is 3.92. The predicted molar refractivity (Wildman–Crippen MR) is 105 cm³/mol. The molecule has 0 saturated heterocycles. The van der Waals surface area contributed by atoms with Crippen molar-refractivity contribution in [3.63, 3.8) is 0 Å². The van der Waals surface area contributed by atoms with Gasteiger partial charge in [0.05, 0.1) is 17.2 Å². The molecule has 0 unspecified atom stereocenters. The largest absolute Gasteiger partial charge is 0.416 e. The molecule has 0 aliphatic heterocycles. The molecular weight excluding hydrogens is 363 g/mol. The minimum absolute atomic E-state index is 0.290. The molecule has 6 heteroatoms. The lowest BCUT2D eigenvalue weighted by atomic mass is 10.0. The quantitative estimate of drug-likeness (QED) is 0.549. The number of allylic oxidation sites excluding steroid dienone is 1. The van der Waals surface area contributed by atoms with Gasteiger partial charge in [-0.25, -0.2) is 0 Å². The first kappa shape index (κ1) is 19.3. The van der Waals surface area contributed by atoms with Gasteiger partial charge in [-0.1, -0.05) is 12.1 Å². The van der Waals surface area contributed by atoms with Crippen LogP contribution in [0.1, 0.15) is 16.8 Å². The summed E-state index contributed by atoms with van der Waals surface area (Å²) < 4.78 is 40.1. The number of benzene rings is 2. The van der Waals surface area contributed by atoms with Crippen molar-refractivity contribution in [3.05, 3.63) is 83.7 Å². The second-order valence-corrected chi connectivity index (χ2v) is 6.46. The van der Waals surface area contributed by atoms with Crippen LogP contribution in [0.5, 0.6) is 0 Å². The van der Waals surface area contributed by atoms with Crippen molar-refractivity contribution in [2.45, 2.75) is 6.18 Å².